The molecule has 1 aliphatic rings. The van der Waals surface area contributed by atoms with Crippen molar-refractivity contribution in [2.24, 2.45) is 0 Å². The highest BCUT2D eigenvalue weighted by atomic mass is 28.3. The predicted octanol–water partition coefficient (Wildman–Crippen LogP) is 10.4. The maximum absolute atomic E-state index is 2.76. The Labute approximate surface area is 272 Å². The SMILES string of the molecule is CC1=C(C)C([Si](c2ccccc2)(c2cc(C(C)(C)C)cc(C(C)(C)C)c2)c2cc(C(C)(C)C)cc(C(C)(C)C)c2)C(C)=C1C. The van der Waals surface area contributed by atoms with Crippen LogP contribution in [-0.2, 0) is 21.7 Å². The Balaban J connectivity index is 2.37. The zero-order chi connectivity index (χ0) is 33.2. The van der Waals surface area contributed by atoms with Gasteiger partial charge in [-0.15, -0.1) is 0 Å². The molecule has 1 aliphatic carbocycles. The zero-order valence-corrected chi connectivity index (χ0v) is 31.9. The van der Waals surface area contributed by atoms with E-state index in [-0.39, 0.29) is 21.7 Å². The fourth-order valence-corrected chi connectivity index (χ4v) is 13.1. The van der Waals surface area contributed by atoms with Gasteiger partial charge >= 0.3 is 0 Å². The van der Waals surface area contributed by atoms with Crippen LogP contribution in [0.4, 0.5) is 0 Å². The summed E-state index contributed by atoms with van der Waals surface area (Å²) >= 11 is 0. The molecular formula is C43H60Si. The lowest BCUT2D eigenvalue weighted by Gasteiger charge is -2.43. The highest BCUT2D eigenvalue weighted by Crippen LogP contribution is 2.47. The van der Waals surface area contributed by atoms with E-state index >= 15 is 0 Å². The maximum Gasteiger partial charge on any atom is 0.159 e. The monoisotopic (exact) mass is 604 g/mol. The van der Waals surface area contributed by atoms with E-state index in [1.807, 2.05) is 0 Å². The van der Waals surface area contributed by atoms with E-state index < -0.39 is 8.07 Å². The molecular weight excluding hydrogens is 545 g/mol. The van der Waals surface area contributed by atoms with E-state index in [1.54, 1.807) is 11.1 Å². The summed E-state index contributed by atoms with van der Waals surface area (Å²) in [5.41, 5.74) is 12.3. The molecule has 0 aromatic heterocycles. The zero-order valence-electron chi connectivity index (χ0n) is 30.9. The van der Waals surface area contributed by atoms with Crippen LogP contribution in [-0.4, -0.2) is 8.07 Å². The van der Waals surface area contributed by atoms with E-state index in [1.165, 1.54) is 49.0 Å². The largest absolute Gasteiger partial charge is 0.159 e. The van der Waals surface area contributed by atoms with Crippen LogP contribution in [0, 0.1) is 0 Å². The minimum absolute atomic E-state index is 0.0357. The van der Waals surface area contributed by atoms with Crippen molar-refractivity contribution in [3.8, 4) is 0 Å². The van der Waals surface area contributed by atoms with Gasteiger partial charge in [0.1, 0.15) is 0 Å². The minimum Gasteiger partial charge on any atom is -0.0647 e. The quantitative estimate of drug-likeness (QED) is 0.205. The molecule has 44 heavy (non-hydrogen) atoms. The van der Waals surface area contributed by atoms with Crippen molar-refractivity contribution in [2.45, 2.75) is 138 Å². The van der Waals surface area contributed by atoms with Gasteiger partial charge in [0.05, 0.1) is 0 Å². The molecule has 236 valence electrons. The van der Waals surface area contributed by atoms with E-state index in [9.17, 15) is 0 Å². The molecule has 0 atom stereocenters. The molecule has 0 nitrogen and oxygen atoms in total. The predicted molar refractivity (Wildman–Crippen MR) is 199 cm³/mol. The number of hydrogen-bond donors (Lipinski definition) is 0. The van der Waals surface area contributed by atoms with Crippen molar-refractivity contribution in [1.29, 1.82) is 0 Å². The Morgan fingerprint density at radius 3 is 0.977 bits per heavy atom. The van der Waals surface area contributed by atoms with Crippen molar-refractivity contribution in [3.05, 3.63) is 111 Å². The smallest absolute Gasteiger partial charge is 0.0647 e. The minimum atomic E-state index is -2.76. The molecule has 3 aromatic rings. The first-order valence-corrected chi connectivity index (χ1v) is 18.8. The van der Waals surface area contributed by atoms with Crippen LogP contribution in [0.3, 0.4) is 0 Å². The summed E-state index contributed by atoms with van der Waals surface area (Å²) < 4.78 is 0. The van der Waals surface area contributed by atoms with Crippen molar-refractivity contribution >= 4 is 23.6 Å². The molecule has 0 bridgehead atoms. The third kappa shape index (κ3) is 6.11. The highest BCUT2D eigenvalue weighted by molar-refractivity contribution is 7.13. The highest BCUT2D eigenvalue weighted by Gasteiger charge is 2.51. The van der Waals surface area contributed by atoms with Gasteiger partial charge in [0, 0.05) is 5.54 Å². The molecule has 0 fully saturated rings. The molecule has 0 spiro atoms. The van der Waals surface area contributed by atoms with E-state index in [0.29, 0.717) is 5.54 Å². The summed E-state index contributed by atoms with van der Waals surface area (Å²) in [5.74, 6) is 0. The standard InChI is InChI=1S/C43H60Si/c1-28-29(2)31(4)39(30(28)3)44(36-20-18-17-19-21-36,37-24-32(40(5,6)7)22-33(25-37)41(8,9)10)38-26-34(42(11,12)13)23-35(27-38)43(14,15)16/h17-27,39H,1-16H3. The van der Waals surface area contributed by atoms with Gasteiger partial charge in [0.25, 0.3) is 0 Å². The second kappa shape index (κ2) is 11.3. The Hall–Kier alpha value is -2.64. The lowest BCUT2D eigenvalue weighted by Crippen LogP contribution is -2.70. The van der Waals surface area contributed by atoms with E-state index in [2.05, 4.69) is 178 Å². The van der Waals surface area contributed by atoms with Crippen LogP contribution in [0.2, 0.25) is 5.54 Å². The Kier molecular flexibility index (Phi) is 8.80. The molecule has 0 aliphatic heterocycles. The number of rotatable bonds is 4. The van der Waals surface area contributed by atoms with Crippen molar-refractivity contribution in [2.75, 3.05) is 0 Å². The lowest BCUT2D eigenvalue weighted by atomic mass is 9.81. The summed E-state index contributed by atoms with van der Waals surface area (Å²) in [6.07, 6.45) is 0. The first kappa shape index (κ1) is 34.2. The summed E-state index contributed by atoms with van der Waals surface area (Å²) in [4.78, 5) is 0. The van der Waals surface area contributed by atoms with E-state index in [0.717, 1.165) is 0 Å². The first-order chi connectivity index (χ1) is 20.0. The second-order valence-corrected chi connectivity index (χ2v) is 21.7. The molecule has 0 unspecified atom stereocenters. The van der Waals surface area contributed by atoms with Crippen molar-refractivity contribution in [1.82, 2.24) is 0 Å². The van der Waals surface area contributed by atoms with Gasteiger partial charge in [-0.1, -0.05) is 161 Å². The lowest BCUT2D eigenvalue weighted by molar-refractivity contribution is 0.569. The summed E-state index contributed by atoms with van der Waals surface area (Å²) in [5, 5.41) is 4.58. The average Bonchev–Trinajstić information content (AvgIpc) is 3.10. The molecule has 4 rings (SSSR count). The number of benzene rings is 3. The molecule has 0 saturated heterocycles. The van der Waals surface area contributed by atoms with Crippen LogP contribution in [0.1, 0.15) is 133 Å². The molecule has 0 radical (unpaired) electrons. The first-order valence-electron chi connectivity index (χ1n) is 16.7. The van der Waals surface area contributed by atoms with Crippen LogP contribution in [0.25, 0.3) is 0 Å². The fraction of sp³-hybridized carbons (Fsp3) is 0.488. The normalized spacial score (nSPS) is 15.9. The Morgan fingerprint density at radius 2 is 0.705 bits per heavy atom. The number of hydrogen-bond acceptors (Lipinski definition) is 0. The van der Waals surface area contributed by atoms with Gasteiger partial charge in [-0.2, -0.15) is 0 Å². The summed E-state index contributed by atoms with van der Waals surface area (Å²) in [7, 11) is -2.76. The van der Waals surface area contributed by atoms with Gasteiger partial charge < -0.3 is 0 Å². The molecule has 3 aromatic carbocycles. The average molecular weight is 605 g/mol. The molecule has 0 amide bonds. The van der Waals surface area contributed by atoms with Crippen LogP contribution in [0.5, 0.6) is 0 Å². The van der Waals surface area contributed by atoms with Crippen LogP contribution < -0.4 is 15.6 Å². The van der Waals surface area contributed by atoms with Crippen molar-refractivity contribution < 1.29 is 0 Å². The van der Waals surface area contributed by atoms with Crippen LogP contribution in [0.15, 0.2) is 89.0 Å². The van der Waals surface area contributed by atoms with Gasteiger partial charge in [0.2, 0.25) is 0 Å². The van der Waals surface area contributed by atoms with Crippen LogP contribution >= 0.6 is 0 Å². The molecule has 0 saturated carbocycles. The second-order valence-electron chi connectivity index (χ2n) is 17.8. The van der Waals surface area contributed by atoms with Gasteiger partial charge in [0.15, 0.2) is 8.07 Å². The third-order valence-corrected chi connectivity index (χ3v) is 15.9. The van der Waals surface area contributed by atoms with Gasteiger partial charge in [-0.25, -0.2) is 0 Å². The third-order valence-electron chi connectivity index (χ3n) is 10.5. The van der Waals surface area contributed by atoms with Crippen molar-refractivity contribution in [3.63, 3.8) is 0 Å². The maximum atomic E-state index is 2.62. The molecule has 0 N–H and O–H groups in total. The summed E-state index contributed by atoms with van der Waals surface area (Å²) in [6, 6.07) is 27.1. The molecule has 0 heterocycles. The van der Waals surface area contributed by atoms with Gasteiger partial charge in [-0.05, 0) is 98.3 Å². The Bertz CT molecular complexity index is 1430. The number of allylic oxidation sites excluding steroid dienone is 4. The van der Waals surface area contributed by atoms with E-state index in [4.69, 9.17) is 0 Å². The molecule has 1 heteroatoms. The fourth-order valence-electron chi connectivity index (χ4n) is 7.14. The topological polar surface area (TPSA) is 0 Å². The summed E-state index contributed by atoms with van der Waals surface area (Å²) in [6.45, 7) is 38.1. The Morgan fingerprint density at radius 1 is 0.409 bits per heavy atom. The van der Waals surface area contributed by atoms with Gasteiger partial charge in [-0.3, -0.25) is 0 Å².